The highest BCUT2D eigenvalue weighted by Crippen LogP contribution is 2.24. The second-order valence-electron chi connectivity index (χ2n) is 9.20. The van der Waals surface area contributed by atoms with Crippen LogP contribution in [0.1, 0.15) is 29.8 Å². The lowest BCUT2D eigenvalue weighted by atomic mass is 10.1. The summed E-state index contributed by atoms with van der Waals surface area (Å²) in [6.45, 7) is 7.33. The Balaban J connectivity index is 1.18. The second-order valence-corrected chi connectivity index (χ2v) is 9.20. The largest absolute Gasteiger partial charge is 0.368 e. The summed E-state index contributed by atoms with van der Waals surface area (Å²) in [5.74, 6) is 0.344. The van der Waals surface area contributed by atoms with Crippen LogP contribution in [0.3, 0.4) is 0 Å². The molecule has 0 unspecified atom stereocenters. The van der Waals surface area contributed by atoms with Crippen LogP contribution < -0.4 is 10.5 Å². The first kappa shape index (κ1) is 23.7. The number of rotatable bonds is 6. The maximum absolute atomic E-state index is 13.6. The lowest BCUT2D eigenvalue weighted by Gasteiger charge is -2.37. The number of aromatic nitrogens is 4. The zero-order chi connectivity index (χ0) is 25.2. The van der Waals surface area contributed by atoms with Crippen molar-refractivity contribution in [2.45, 2.75) is 33.1 Å². The van der Waals surface area contributed by atoms with Gasteiger partial charge in [0.2, 0.25) is 11.6 Å². The van der Waals surface area contributed by atoms with E-state index in [0.717, 1.165) is 13.1 Å². The van der Waals surface area contributed by atoms with Crippen molar-refractivity contribution >= 4 is 17.2 Å². The van der Waals surface area contributed by atoms with Crippen molar-refractivity contribution in [3.05, 3.63) is 88.0 Å². The molecule has 0 aliphatic carbocycles. The summed E-state index contributed by atoms with van der Waals surface area (Å²) in [5, 5.41) is 8.22. The second kappa shape index (κ2) is 9.93. The minimum Gasteiger partial charge on any atom is -0.368 e. The Morgan fingerprint density at radius 3 is 2.56 bits per heavy atom. The van der Waals surface area contributed by atoms with Crippen molar-refractivity contribution in [1.29, 1.82) is 0 Å². The number of fused-ring (bicyclic) bond motifs is 1. The SMILES string of the molecule is Cc1cccc(N2CCN(C(=O)CCCc3nnc4c(=O)n(-c5cccc(F)c5)ccn34)CC2)c1C. The van der Waals surface area contributed by atoms with E-state index >= 15 is 0 Å². The first-order valence-electron chi connectivity index (χ1n) is 12.2. The predicted octanol–water partition coefficient (Wildman–Crippen LogP) is 3.31. The Morgan fingerprint density at radius 1 is 1.00 bits per heavy atom. The minimum absolute atomic E-state index is 0.137. The summed E-state index contributed by atoms with van der Waals surface area (Å²) in [6, 6.07) is 12.2. The van der Waals surface area contributed by atoms with Gasteiger partial charge in [0, 0.05) is 57.1 Å². The highest BCUT2D eigenvalue weighted by atomic mass is 19.1. The molecule has 36 heavy (non-hydrogen) atoms. The monoisotopic (exact) mass is 488 g/mol. The standard InChI is InChI=1S/C27H29FN6O2/c1-19-6-3-9-23(20(19)2)31-12-14-32(15-13-31)25(35)11-5-10-24-29-30-26-27(36)33(16-17-34(24)26)22-8-4-7-21(28)18-22/h3-4,6-9,16-18H,5,10-15H2,1-2H3. The van der Waals surface area contributed by atoms with Crippen LogP contribution in [-0.2, 0) is 11.2 Å². The zero-order valence-corrected chi connectivity index (χ0v) is 20.5. The smallest absolute Gasteiger partial charge is 0.300 e. The molecule has 1 fully saturated rings. The van der Waals surface area contributed by atoms with Crippen molar-refractivity contribution in [2.75, 3.05) is 31.1 Å². The minimum atomic E-state index is -0.419. The summed E-state index contributed by atoms with van der Waals surface area (Å²) in [5.41, 5.74) is 4.04. The lowest BCUT2D eigenvalue weighted by Crippen LogP contribution is -2.49. The summed E-state index contributed by atoms with van der Waals surface area (Å²) >= 11 is 0. The van der Waals surface area contributed by atoms with Gasteiger partial charge in [-0.1, -0.05) is 18.2 Å². The number of carbonyl (C=O) groups is 1. The number of benzene rings is 2. The van der Waals surface area contributed by atoms with Crippen LogP contribution >= 0.6 is 0 Å². The number of amides is 1. The summed E-state index contributed by atoms with van der Waals surface area (Å²) in [6.07, 6.45) is 4.84. The van der Waals surface area contributed by atoms with Crippen LogP contribution in [0.5, 0.6) is 0 Å². The summed E-state index contributed by atoms with van der Waals surface area (Å²) in [4.78, 5) is 30.0. The third-order valence-corrected chi connectivity index (χ3v) is 6.97. The molecule has 0 N–H and O–H groups in total. The molecule has 2 aromatic carbocycles. The van der Waals surface area contributed by atoms with E-state index in [-0.39, 0.29) is 17.1 Å². The van der Waals surface area contributed by atoms with Crippen LogP contribution in [0.4, 0.5) is 10.1 Å². The van der Waals surface area contributed by atoms with Gasteiger partial charge in [-0.05, 0) is 55.7 Å². The van der Waals surface area contributed by atoms with Crippen molar-refractivity contribution < 1.29 is 9.18 Å². The van der Waals surface area contributed by atoms with E-state index in [1.54, 1.807) is 28.9 Å². The fraction of sp³-hybridized carbons (Fsp3) is 0.333. The lowest BCUT2D eigenvalue weighted by molar-refractivity contribution is -0.131. The number of halogens is 1. The molecule has 4 aromatic rings. The third kappa shape index (κ3) is 4.60. The van der Waals surface area contributed by atoms with Gasteiger partial charge < -0.3 is 9.80 Å². The molecule has 9 heteroatoms. The maximum Gasteiger partial charge on any atom is 0.300 e. The van der Waals surface area contributed by atoms with Crippen molar-refractivity contribution in [3.8, 4) is 5.69 Å². The van der Waals surface area contributed by atoms with E-state index < -0.39 is 5.82 Å². The van der Waals surface area contributed by atoms with Crippen LogP contribution in [0, 0.1) is 19.7 Å². The fourth-order valence-electron chi connectivity index (χ4n) is 4.77. The molecule has 186 valence electrons. The van der Waals surface area contributed by atoms with E-state index in [4.69, 9.17) is 0 Å². The van der Waals surface area contributed by atoms with Gasteiger partial charge >= 0.3 is 5.56 Å². The van der Waals surface area contributed by atoms with Gasteiger partial charge in [-0.3, -0.25) is 18.6 Å². The van der Waals surface area contributed by atoms with Gasteiger partial charge in [0.25, 0.3) is 0 Å². The number of anilines is 1. The van der Waals surface area contributed by atoms with E-state index in [2.05, 4.69) is 47.1 Å². The molecule has 8 nitrogen and oxygen atoms in total. The molecule has 0 atom stereocenters. The molecular formula is C27H29FN6O2. The molecule has 1 amide bonds. The molecule has 0 saturated carbocycles. The molecule has 2 aromatic heterocycles. The van der Waals surface area contributed by atoms with Gasteiger partial charge in [0.1, 0.15) is 11.6 Å². The van der Waals surface area contributed by atoms with Gasteiger partial charge in [-0.25, -0.2) is 4.39 Å². The third-order valence-electron chi connectivity index (χ3n) is 6.97. The van der Waals surface area contributed by atoms with Crippen molar-refractivity contribution in [2.24, 2.45) is 0 Å². The molecule has 1 aliphatic heterocycles. The number of piperazine rings is 1. The summed E-state index contributed by atoms with van der Waals surface area (Å²) < 4.78 is 16.6. The number of aryl methyl sites for hydroxylation is 2. The van der Waals surface area contributed by atoms with Gasteiger partial charge in [-0.15, -0.1) is 10.2 Å². The number of hydrogen-bond acceptors (Lipinski definition) is 5. The number of carbonyl (C=O) groups excluding carboxylic acids is 1. The average Bonchev–Trinajstić information content (AvgIpc) is 3.30. The Morgan fingerprint density at radius 2 is 1.78 bits per heavy atom. The Bertz CT molecular complexity index is 1470. The number of nitrogens with zero attached hydrogens (tertiary/aromatic N) is 6. The number of hydrogen-bond donors (Lipinski definition) is 0. The van der Waals surface area contributed by atoms with E-state index in [1.165, 1.54) is 33.5 Å². The van der Waals surface area contributed by atoms with Gasteiger partial charge in [-0.2, -0.15) is 0 Å². The van der Waals surface area contributed by atoms with Crippen LogP contribution in [0.2, 0.25) is 0 Å². The quantitative estimate of drug-likeness (QED) is 0.416. The van der Waals surface area contributed by atoms with Crippen LogP contribution in [-0.4, -0.2) is 56.2 Å². The maximum atomic E-state index is 13.6. The van der Waals surface area contributed by atoms with E-state index in [0.29, 0.717) is 43.9 Å². The molecule has 0 radical (unpaired) electrons. The Labute approximate surface area is 208 Å². The first-order valence-corrected chi connectivity index (χ1v) is 12.2. The fourth-order valence-corrected chi connectivity index (χ4v) is 4.77. The molecule has 0 bridgehead atoms. The topological polar surface area (TPSA) is 75.7 Å². The summed E-state index contributed by atoms with van der Waals surface area (Å²) in [7, 11) is 0. The average molecular weight is 489 g/mol. The van der Waals surface area contributed by atoms with Gasteiger partial charge in [0.05, 0.1) is 5.69 Å². The molecule has 0 spiro atoms. The first-order chi connectivity index (χ1) is 17.4. The Hall–Kier alpha value is -4.01. The molecule has 1 saturated heterocycles. The molecule has 1 aliphatic rings. The van der Waals surface area contributed by atoms with Crippen LogP contribution in [0.25, 0.3) is 11.3 Å². The highest BCUT2D eigenvalue weighted by molar-refractivity contribution is 5.76. The molecule has 5 rings (SSSR count). The Kier molecular flexibility index (Phi) is 6.54. The molecular weight excluding hydrogens is 459 g/mol. The van der Waals surface area contributed by atoms with Crippen molar-refractivity contribution in [1.82, 2.24) is 24.1 Å². The zero-order valence-electron chi connectivity index (χ0n) is 20.5. The van der Waals surface area contributed by atoms with Crippen LogP contribution in [0.15, 0.2) is 59.7 Å². The van der Waals surface area contributed by atoms with Crippen molar-refractivity contribution in [3.63, 3.8) is 0 Å². The van der Waals surface area contributed by atoms with E-state index in [9.17, 15) is 14.0 Å². The highest BCUT2D eigenvalue weighted by Gasteiger charge is 2.22. The van der Waals surface area contributed by atoms with E-state index in [1.807, 2.05) is 4.90 Å². The molecule has 3 heterocycles. The normalized spacial score (nSPS) is 14.0. The predicted molar refractivity (Wildman–Crippen MR) is 136 cm³/mol. The van der Waals surface area contributed by atoms with Gasteiger partial charge in [0.15, 0.2) is 0 Å².